The molecule has 1 saturated heterocycles. The highest BCUT2D eigenvalue weighted by atomic mass is 35.5. The molecule has 3 aromatic rings. The molecule has 3 heterocycles. The lowest BCUT2D eigenvalue weighted by Crippen LogP contribution is -2.43. The van der Waals surface area contributed by atoms with Crippen molar-refractivity contribution in [1.29, 1.82) is 0 Å². The Morgan fingerprint density at radius 2 is 2.11 bits per heavy atom. The summed E-state index contributed by atoms with van der Waals surface area (Å²) in [5.74, 6) is 1.16. The Morgan fingerprint density at radius 1 is 1.31 bits per heavy atom. The molecule has 0 amide bonds. The Labute approximate surface area is 215 Å². The molecule has 36 heavy (non-hydrogen) atoms. The second-order valence-electron chi connectivity index (χ2n) is 9.07. The first-order valence-corrected chi connectivity index (χ1v) is 12.7. The van der Waals surface area contributed by atoms with E-state index in [1.165, 1.54) is 0 Å². The van der Waals surface area contributed by atoms with E-state index >= 15 is 0 Å². The average molecular weight is 514 g/mol. The van der Waals surface area contributed by atoms with Crippen LogP contribution in [-0.2, 0) is 9.53 Å². The third-order valence-corrected chi connectivity index (χ3v) is 6.45. The van der Waals surface area contributed by atoms with Crippen molar-refractivity contribution in [2.45, 2.75) is 52.7 Å². The number of pyridine rings is 1. The summed E-state index contributed by atoms with van der Waals surface area (Å²) in [7, 11) is 0. The molecule has 0 radical (unpaired) electrons. The maximum absolute atomic E-state index is 13.0. The quantitative estimate of drug-likeness (QED) is 0.438. The second kappa shape index (κ2) is 11.3. The van der Waals surface area contributed by atoms with Gasteiger partial charge in [-0.3, -0.25) is 9.59 Å². The summed E-state index contributed by atoms with van der Waals surface area (Å²) >= 11 is 6.43. The molecule has 1 unspecified atom stereocenters. The topological polar surface area (TPSA) is 98.6 Å². The zero-order valence-electron chi connectivity index (χ0n) is 21.1. The minimum absolute atomic E-state index is 0.0688. The number of carbonyl (C=O) groups excluding carboxylic acids is 1. The van der Waals surface area contributed by atoms with Crippen LogP contribution in [0.3, 0.4) is 0 Å². The second-order valence-corrected chi connectivity index (χ2v) is 9.48. The predicted molar refractivity (Wildman–Crippen MR) is 142 cm³/mol. The molecular weight excluding hydrogens is 482 g/mol. The fraction of sp³-hybridized carbons (Fsp3) is 0.462. The SMILES string of the molecule is CCC(=O)COc1cc2cc(Nc3nc(N4CCOC(CC)C4)ncc3Cl)ccc2n(C(C)C)c1=O. The fourth-order valence-corrected chi connectivity index (χ4v) is 4.30. The van der Waals surface area contributed by atoms with E-state index in [9.17, 15) is 9.59 Å². The van der Waals surface area contributed by atoms with Crippen molar-refractivity contribution in [3.8, 4) is 5.75 Å². The van der Waals surface area contributed by atoms with Gasteiger partial charge < -0.3 is 24.3 Å². The van der Waals surface area contributed by atoms with E-state index in [0.29, 0.717) is 36.4 Å². The number of halogens is 1. The zero-order chi connectivity index (χ0) is 25.8. The first-order valence-electron chi connectivity index (χ1n) is 12.3. The third-order valence-electron chi connectivity index (χ3n) is 6.17. The van der Waals surface area contributed by atoms with Crippen molar-refractivity contribution >= 4 is 45.7 Å². The summed E-state index contributed by atoms with van der Waals surface area (Å²) < 4.78 is 13.0. The lowest BCUT2D eigenvalue weighted by atomic mass is 10.1. The van der Waals surface area contributed by atoms with E-state index in [4.69, 9.17) is 21.1 Å². The Morgan fingerprint density at radius 3 is 2.83 bits per heavy atom. The molecule has 9 nitrogen and oxygen atoms in total. The van der Waals surface area contributed by atoms with Gasteiger partial charge in [-0.2, -0.15) is 4.98 Å². The number of carbonyl (C=O) groups is 1. The number of benzene rings is 1. The first kappa shape index (κ1) is 25.9. The molecule has 1 N–H and O–H groups in total. The highest BCUT2D eigenvalue weighted by Gasteiger charge is 2.22. The van der Waals surface area contributed by atoms with Gasteiger partial charge in [0, 0.05) is 36.6 Å². The van der Waals surface area contributed by atoms with Crippen molar-refractivity contribution < 1.29 is 14.3 Å². The molecule has 0 bridgehead atoms. The molecule has 0 saturated carbocycles. The summed E-state index contributed by atoms with van der Waals surface area (Å²) in [6, 6.07) is 7.24. The van der Waals surface area contributed by atoms with Gasteiger partial charge in [-0.1, -0.05) is 25.4 Å². The number of ketones is 1. The molecule has 1 aliphatic rings. The Bertz CT molecular complexity index is 1310. The highest BCUT2D eigenvalue weighted by Crippen LogP contribution is 2.29. The van der Waals surface area contributed by atoms with E-state index in [1.807, 2.05) is 32.0 Å². The monoisotopic (exact) mass is 513 g/mol. The van der Waals surface area contributed by atoms with Crippen LogP contribution in [0.5, 0.6) is 5.75 Å². The standard InChI is InChI=1S/C26H32ClN5O4/c1-5-19(33)15-36-23-12-17-11-18(7-8-22(17)32(16(3)4)25(23)34)29-24-21(27)13-28-26(30-24)31-9-10-35-20(6-2)14-31/h7-8,11-13,16,20H,5-6,9-10,14-15H2,1-4H3,(H,28,29,30). The van der Waals surface area contributed by atoms with Crippen LogP contribution in [0.15, 0.2) is 35.3 Å². The van der Waals surface area contributed by atoms with E-state index in [2.05, 4.69) is 27.1 Å². The smallest absolute Gasteiger partial charge is 0.293 e. The van der Waals surface area contributed by atoms with Crippen LogP contribution >= 0.6 is 11.6 Å². The lowest BCUT2D eigenvalue weighted by molar-refractivity contribution is -0.120. The van der Waals surface area contributed by atoms with Crippen molar-refractivity contribution in [2.24, 2.45) is 0 Å². The molecule has 1 aromatic carbocycles. The molecule has 192 valence electrons. The number of nitrogens with zero attached hydrogens (tertiary/aromatic N) is 4. The molecule has 2 aromatic heterocycles. The van der Waals surface area contributed by atoms with Crippen LogP contribution in [-0.4, -0.2) is 52.7 Å². The van der Waals surface area contributed by atoms with Gasteiger partial charge in [0.1, 0.15) is 11.6 Å². The van der Waals surface area contributed by atoms with E-state index in [1.54, 1.807) is 23.8 Å². The molecule has 1 fully saturated rings. The minimum Gasteiger partial charge on any atom is -0.480 e. The Kier molecular flexibility index (Phi) is 8.11. The molecular formula is C26H32ClN5O4. The summed E-state index contributed by atoms with van der Waals surface area (Å²) in [5.41, 5.74) is 1.25. The number of nitrogens with one attached hydrogen (secondary N) is 1. The van der Waals surface area contributed by atoms with E-state index in [0.717, 1.165) is 29.6 Å². The van der Waals surface area contributed by atoms with Crippen LogP contribution in [0.4, 0.5) is 17.5 Å². The van der Waals surface area contributed by atoms with Gasteiger partial charge in [-0.15, -0.1) is 0 Å². The van der Waals surface area contributed by atoms with Crippen molar-refractivity contribution in [3.05, 3.63) is 45.8 Å². The average Bonchev–Trinajstić information content (AvgIpc) is 2.88. The van der Waals surface area contributed by atoms with Crippen molar-refractivity contribution in [1.82, 2.24) is 14.5 Å². The molecule has 0 aliphatic carbocycles. The van der Waals surface area contributed by atoms with Gasteiger partial charge in [0.2, 0.25) is 5.95 Å². The first-order chi connectivity index (χ1) is 17.3. The van der Waals surface area contributed by atoms with Crippen LogP contribution in [0.1, 0.15) is 46.6 Å². The predicted octanol–water partition coefficient (Wildman–Crippen LogP) is 4.74. The van der Waals surface area contributed by atoms with Crippen molar-refractivity contribution in [3.63, 3.8) is 0 Å². The maximum atomic E-state index is 13.0. The lowest BCUT2D eigenvalue weighted by Gasteiger charge is -2.32. The van der Waals surface area contributed by atoms with Gasteiger partial charge in [0.05, 0.1) is 24.4 Å². The number of Topliss-reactive ketones (excluding diaryl/α,β-unsaturated/α-hetero) is 1. The molecule has 1 atom stereocenters. The highest BCUT2D eigenvalue weighted by molar-refractivity contribution is 6.32. The third kappa shape index (κ3) is 5.63. The van der Waals surface area contributed by atoms with Crippen molar-refractivity contribution in [2.75, 3.05) is 36.5 Å². The summed E-state index contributed by atoms with van der Waals surface area (Å²) in [5, 5.41) is 4.47. The number of morpholine rings is 1. The summed E-state index contributed by atoms with van der Waals surface area (Å²) in [6.45, 7) is 9.67. The zero-order valence-corrected chi connectivity index (χ0v) is 21.8. The molecule has 1 aliphatic heterocycles. The van der Waals surface area contributed by atoms with E-state index < -0.39 is 0 Å². The van der Waals surface area contributed by atoms with Gasteiger partial charge in [0.15, 0.2) is 17.4 Å². The normalized spacial score (nSPS) is 15.9. The maximum Gasteiger partial charge on any atom is 0.293 e. The van der Waals surface area contributed by atoms with Crippen LogP contribution < -0.4 is 20.5 Å². The minimum atomic E-state index is -0.263. The Hall–Kier alpha value is -3.17. The molecule has 4 rings (SSSR count). The number of hydrogen-bond donors (Lipinski definition) is 1. The Balaban J connectivity index is 1.66. The number of rotatable bonds is 9. The van der Waals surface area contributed by atoms with E-state index in [-0.39, 0.29) is 35.8 Å². The van der Waals surface area contributed by atoms with Gasteiger partial charge in [0.25, 0.3) is 5.56 Å². The number of aromatic nitrogens is 3. The largest absolute Gasteiger partial charge is 0.480 e. The van der Waals surface area contributed by atoms with Crippen LogP contribution in [0.2, 0.25) is 5.02 Å². The summed E-state index contributed by atoms with van der Waals surface area (Å²) in [4.78, 5) is 36.0. The van der Waals surface area contributed by atoms with Gasteiger partial charge in [-0.05, 0) is 44.5 Å². The molecule has 10 heteroatoms. The number of ether oxygens (including phenoxy) is 2. The van der Waals surface area contributed by atoms with Crippen LogP contribution in [0, 0.1) is 0 Å². The summed E-state index contributed by atoms with van der Waals surface area (Å²) in [6.07, 6.45) is 3.02. The number of anilines is 3. The fourth-order valence-electron chi connectivity index (χ4n) is 4.16. The van der Waals surface area contributed by atoms with Gasteiger partial charge in [-0.25, -0.2) is 4.98 Å². The number of fused-ring (bicyclic) bond motifs is 1. The van der Waals surface area contributed by atoms with Gasteiger partial charge >= 0.3 is 0 Å². The number of hydrogen-bond acceptors (Lipinski definition) is 8. The molecule has 0 spiro atoms. The van der Waals surface area contributed by atoms with Crippen LogP contribution in [0.25, 0.3) is 10.9 Å².